The third kappa shape index (κ3) is 6.11. The molecule has 2 aliphatic rings. The molecule has 1 aromatic rings. The van der Waals surface area contributed by atoms with Crippen molar-refractivity contribution < 1.29 is 9.32 Å². The predicted molar refractivity (Wildman–Crippen MR) is 101 cm³/mol. The first kappa shape index (κ1) is 21.6. The van der Waals surface area contributed by atoms with E-state index in [9.17, 15) is 4.79 Å². The van der Waals surface area contributed by atoms with E-state index in [1.165, 1.54) is 0 Å². The first-order valence-electron chi connectivity index (χ1n) is 7.94. The molecule has 1 amide bonds. The molecule has 138 valence electrons. The quantitative estimate of drug-likeness (QED) is 0.832. The first-order valence-corrected chi connectivity index (χ1v) is 9.09. The highest BCUT2D eigenvalue weighted by molar-refractivity contribution is 7.99. The number of hydrogen-bond acceptors (Lipinski definition) is 6. The van der Waals surface area contributed by atoms with Gasteiger partial charge in [-0.25, -0.2) is 0 Å². The van der Waals surface area contributed by atoms with E-state index in [1.807, 2.05) is 29.7 Å². The average Bonchev–Trinajstić information content (AvgIpc) is 2.94. The number of thioether (sulfide) groups is 1. The van der Waals surface area contributed by atoms with Crippen molar-refractivity contribution in [2.75, 3.05) is 44.2 Å². The summed E-state index contributed by atoms with van der Waals surface area (Å²) in [6.07, 6.45) is 0.633. The van der Waals surface area contributed by atoms with Crippen LogP contribution in [0.5, 0.6) is 0 Å². The third-order valence-electron chi connectivity index (χ3n) is 4.20. The van der Waals surface area contributed by atoms with Gasteiger partial charge in [0, 0.05) is 62.8 Å². The van der Waals surface area contributed by atoms with E-state index in [4.69, 9.17) is 4.52 Å². The second kappa shape index (κ2) is 10.5. The van der Waals surface area contributed by atoms with Crippen LogP contribution < -0.4 is 5.32 Å². The van der Waals surface area contributed by atoms with Crippen LogP contribution in [0.25, 0.3) is 0 Å². The Labute approximate surface area is 159 Å². The summed E-state index contributed by atoms with van der Waals surface area (Å²) >= 11 is 1.94. The highest BCUT2D eigenvalue weighted by Gasteiger charge is 2.24. The van der Waals surface area contributed by atoms with Gasteiger partial charge in [-0.1, -0.05) is 5.16 Å². The fourth-order valence-corrected chi connectivity index (χ4v) is 3.91. The number of rotatable bonds is 4. The lowest BCUT2D eigenvalue weighted by atomic mass is 10.2. The molecule has 6 nitrogen and oxygen atoms in total. The van der Waals surface area contributed by atoms with E-state index >= 15 is 0 Å². The largest absolute Gasteiger partial charge is 0.360 e. The van der Waals surface area contributed by atoms with Gasteiger partial charge >= 0.3 is 0 Å². The van der Waals surface area contributed by atoms with Crippen molar-refractivity contribution in [3.8, 4) is 0 Å². The Morgan fingerprint density at radius 3 is 2.71 bits per heavy atom. The number of hydrogen-bond donors (Lipinski definition) is 1. The van der Waals surface area contributed by atoms with Crippen LogP contribution in [0.15, 0.2) is 10.6 Å². The minimum absolute atomic E-state index is 0. The summed E-state index contributed by atoms with van der Waals surface area (Å²) in [6, 6.07) is 2.32. The Kier molecular flexibility index (Phi) is 9.44. The Balaban J connectivity index is 0.00000144. The van der Waals surface area contributed by atoms with E-state index in [2.05, 4.69) is 15.4 Å². The van der Waals surface area contributed by atoms with Crippen LogP contribution in [0, 0.1) is 6.92 Å². The highest BCUT2D eigenvalue weighted by Crippen LogP contribution is 2.14. The van der Waals surface area contributed by atoms with Gasteiger partial charge in [0.2, 0.25) is 5.91 Å². The van der Waals surface area contributed by atoms with Crippen molar-refractivity contribution in [1.82, 2.24) is 20.3 Å². The van der Waals surface area contributed by atoms with Gasteiger partial charge in [-0.3, -0.25) is 9.69 Å². The molecule has 1 unspecified atom stereocenters. The normalized spacial score (nSPS) is 21.7. The topological polar surface area (TPSA) is 61.6 Å². The van der Waals surface area contributed by atoms with Gasteiger partial charge in [0.15, 0.2) is 5.76 Å². The van der Waals surface area contributed by atoms with Gasteiger partial charge < -0.3 is 14.7 Å². The molecule has 0 aromatic carbocycles. The maximum absolute atomic E-state index is 12.4. The second-order valence-corrected chi connectivity index (χ2v) is 7.17. The number of carbonyl (C=O) groups excluding carboxylic acids is 1. The number of piperazine rings is 1. The molecule has 2 fully saturated rings. The van der Waals surface area contributed by atoms with Gasteiger partial charge in [0.05, 0.1) is 12.2 Å². The second-order valence-electron chi connectivity index (χ2n) is 6.02. The number of aromatic nitrogens is 1. The Bertz CT molecular complexity index is 503. The lowest BCUT2D eigenvalue weighted by Crippen LogP contribution is -2.50. The SMILES string of the molecule is Cc1cc(CN2CCN(C(=O)CC3CSCCN3)CC2)on1.Cl.Cl. The molecule has 2 saturated heterocycles. The molecule has 3 heterocycles. The Morgan fingerprint density at radius 2 is 2.12 bits per heavy atom. The molecule has 24 heavy (non-hydrogen) atoms. The van der Waals surface area contributed by atoms with Crippen molar-refractivity contribution in [2.45, 2.75) is 25.9 Å². The summed E-state index contributed by atoms with van der Waals surface area (Å²) in [7, 11) is 0. The van der Waals surface area contributed by atoms with E-state index in [0.29, 0.717) is 12.5 Å². The van der Waals surface area contributed by atoms with E-state index in [1.54, 1.807) is 0 Å². The fourth-order valence-electron chi connectivity index (χ4n) is 2.96. The summed E-state index contributed by atoms with van der Waals surface area (Å²) in [5.74, 6) is 3.40. The number of nitrogens with one attached hydrogen (secondary N) is 1. The van der Waals surface area contributed by atoms with E-state index in [-0.39, 0.29) is 30.7 Å². The molecular formula is C15H26Cl2N4O2S. The van der Waals surface area contributed by atoms with Crippen LogP contribution in [0.1, 0.15) is 17.9 Å². The zero-order valence-electron chi connectivity index (χ0n) is 13.9. The van der Waals surface area contributed by atoms with Crippen LogP contribution in [0.3, 0.4) is 0 Å². The lowest BCUT2D eigenvalue weighted by molar-refractivity contribution is -0.133. The summed E-state index contributed by atoms with van der Waals surface area (Å²) in [6.45, 7) is 7.16. The minimum Gasteiger partial charge on any atom is -0.360 e. The molecule has 3 rings (SSSR count). The maximum atomic E-state index is 12.4. The average molecular weight is 397 g/mol. The van der Waals surface area contributed by atoms with Gasteiger partial charge in [0.1, 0.15) is 0 Å². The molecule has 0 spiro atoms. The zero-order chi connectivity index (χ0) is 15.4. The molecule has 0 saturated carbocycles. The summed E-state index contributed by atoms with van der Waals surface area (Å²) < 4.78 is 5.26. The number of amides is 1. The van der Waals surface area contributed by atoms with Crippen LogP contribution in [0.2, 0.25) is 0 Å². The molecule has 0 radical (unpaired) electrons. The van der Waals surface area contributed by atoms with Crippen LogP contribution >= 0.6 is 36.6 Å². The van der Waals surface area contributed by atoms with Crippen molar-refractivity contribution in [3.63, 3.8) is 0 Å². The fraction of sp³-hybridized carbons (Fsp3) is 0.733. The predicted octanol–water partition coefficient (Wildman–Crippen LogP) is 1.57. The third-order valence-corrected chi connectivity index (χ3v) is 5.33. The summed E-state index contributed by atoms with van der Waals surface area (Å²) in [4.78, 5) is 16.7. The number of halogens is 2. The Hall–Kier alpha value is -0.470. The maximum Gasteiger partial charge on any atom is 0.224 e. The summed E-state index contributed by atoms with van der Waals surface area (Å²) in [5.41, 5.74) is 0.918. The molecule has 1 atom stereocenters. The molecule has 0 bridgehead atoms. The van der Waals surface area contributed by atoms with Crippen molar-refractivity contribution in [3.05, 3.63) is 17.5 Å². The molecular weight excluding hydrogens is 371 g/mol. The van der Waals surface area contributed by atoms with Gasteiger partial charge in [-0.15, -0.1) is 24.8 Å². The van der Waals surface area contributed by atoms with Crippen LogP contribution in [-0.2, 0) is 11.3 Å². The monoisotopic (exact) mass is 396 g/mol. The van der Waals surface area contributed by atoms with Crippen LogP contribution in [0.4, 0.5) is 0 Å². The first-order chi connectivity index (χ1) is 10.7. The molecule has 1 aromatic heterocycles. The summed E-state index contributed by atoms with van der Waals surface area (Å²) in [5, 5.41) is 7.35. The standard InChI is InChI=1S/C15H24N4O2S.2ClH/c1-12-8-14(21-17-12)10-18-3-5-19(6-4-18)15(20)9-13-11-22-7-2-16-13;;/h8,13,16H,2-7,9-11H2,1H3;2*1H. The van der Waals surface area contributed by atoms with Gasteiger partial charge in [-0.2, -0.15) is 11.8 Å². The van der Waals surface area contributed by atoms with Gasteiger partial charge in [-0.05, 0) is 6.92 Å². The van der Waals surface area contributed by atoms with Crippen LogP contribution in [-0.4, -0.2) is 71.1 Å². The molecule has 1 N–H and O–H groups in total. The molecule has 9 heteroatoms. The number of nitrogens with zero attached hydrogens (tertiary/aromatic N) is 3. The molecule has 0 aliphatic carbocycles. The lowest BCUT2D eigenvalue weighted by Gasteiger charge is -2.35. The van der Waals surface area contributed by atoms with E-state index < -0.39 is 0 Å². The zero-order valence-corrected chi connectivity index (χ0v) is 16.4. The Morgan fingerprint density at radius 1 is 1.38 bits per heavy atom. The van der Waals surface area contributed by atoms with Crippen molar-refractivity contribution >= 4 is 42.5 Å². The van der Waals surface area contributed by atoms with Gasteiger partial charge in [0.25, 0.3) is 0 Å². The molecule has 2 aliphatic heterocycles. The number of carbonyl (C=O) groups is 1. The van der Waals surface area contributed by atoms with E-state index in [0.717, 1.165) is 62.2 Å². The minimum atomic E-state index is 0. The smallest absolute Gasteiger partial charge is 0.224 e. The van der Waals surface area contributed by atoms with Crippen molar-refractivity contribution in [2.24, 2.45) is 0 Å². The number of aryl methyl sites for hydroxylation is 1. The van der Waals surface area contributed by atoms with Crippen molar-refractivity contribution in [1.29, 1.82) is 0 Å². The highest BCUT2D eigenvalue weighted by atomic mass is 35.5.